The Hall–Kier alpha value is -4.05. The minimum atomic E-state index is -4.14. The van der Waals surface area contributed by atoms with Crippen LogP contribution in [-0.4, -0.2) is 48.2 Å². The molecular formula is C24H24N2O7S. The lowest BCUT2D eigenvalue weighted by Gasteiger charge is -2.26. The van der Waals surface area contributed by atoms with Crippen LogP contribution in [0.3, 0.4) is 0 Å². The quantitative estimate of drug-likeness (QED) is 0.464. The lowest BCUT2D eigenvalue weighted by Crippen LogP contribution is -2.38. The van der Waals surface area contributed by atoms with Gasteiger partial charge in [0.05, 0.1) is 37.5 Å². The molecule has 1 N–H and O–H groups in total. The van der Waals surface area contributed by atoms with E-state index in [1.807, 2.05) is 0 Å². The van der Waals surface area contributed by atoms with E-state index in [0.29, 0.717) is 17.0 Å². The van der Waals surface area contributed by atoms with Gasteiger partial charge in [-0.1, -0.05) is 18.2 Å². The molecule has 0 aliphatic carbocycles. The predicted octanol–water partition coefficient (Wildman–Crippen LogP) is 3.32. The molecule has 0 fully saturated rings. The second kappa shape index (κ2) is 10.7. The molecule has 0 spiro atoms. The summed E-state index contributed by atoms with van der Waals surface area (Å²) >= 11 is 0. The van der Waals surface area contributed by atoms with Gasteiger partial charge in [-0.3, -0.25) is 9.10 Å². The van der Waals surface area contributed by atoms with Crippen molar-refractivity contribution >= 4 is 33.3 Å². The molecule has 0 aliphatic rings. The molecule has 10 heteroatoms. The highest BCUT2D eigenvalue weighted by molar-refractivity contribution is 7.92. The number of nitrogens with one attached hydrogen (secondary N) is 1. The molecule has 0 saturated carbocycles. The second-order valence-electron chi connectivity index (χ2n) is 6.98. The van der Waals surface area contributed by atoms with Gasteiger partial charge in [0.2, 0.25) is 5.91 Å². The maximum absolute atomic E-state index is 13.5. The average molecular weight is 485 g/mol. The summed E-state index contributed by atoms with van der Waals surface area (Å²) in [7, 11) is -0.0191. The van der Waals surface area contributed by atoms with Gasteiger partial charge in [-0.25, -0.2) is 13.2 Å². The molecule has 0 saturated heterocycles. The number of rotatable bonds is 9. The lowest BCUT2D eigenvalue weighted by atomic mass is 10.2. The molecule has 0 aromatic heterocycles. The van der Waals surface area contributed by atoms with Crippen molar-refractivity contribution in [2.24, 2.45) is 0 Å². The fourth-order valence-corrected chi connectivity index (χ4v) is 4.59. The highest BCUT2D eigenvalue weighted by Gasteiger charge is 2.30. The Bertz CT molecular complexity index is 1260. The molecular weight excluding hydrogens is 460 g/mol. The van der Waals surface area contributed by atoms with E-state index in [2.05, 4.69) is 10.1 Å². The van der Waals surface area contributed by atoms with Crippen molar-refractivity contribution in [3.63, 3.8) is 0 Å². The predicted molar refractivity (Wildman–Crippen MR) is 127 cm³/mol. The van der Waals surface area contributed by atoms with Gasteiger partial charge in [-0.05, 0) is 48.5 Å². The van der Waals surface area contributed by atoms with Crippen LogP contribution in [-0.2, 0) is 19.6 Å². The SMILES string of the molecule is COC(=O)c1ccc(NC(=O)CN(c2cc(OC)ccc2OC)S(=O)(=O)c2ccccc2)cc1. The minimum absolute atomic E-state index is 0.00936. The summed E-state index contributed by atoms with van der Waals surface area (Å²) < 4.78 is 43.3. The number of carbonyl (C=O) groups excluding carboxylic acids is 2. The van der Waals surface area contributed by atoms with Crippen molar-refractivity contribution in [1.29, 1.82) is 0 Å². The molecule has 0 atom stereocenters. The van der Waals surface area contributed by atoms with Crippen LogP contribution >= 0.6 is 0 Å². The minimum Gasteiger partial charge on any atom is -0.497 e. The number of methoxy groups -OCH3 is 3. The number of hydrogen-bond acceptors (Lipinski definition) is 7. The Morgan fingerprint density at radius 2 is 1.56 bits per heavy atom. The number of hydrogen-bond donors (Lipinski definition) is 1. The molecule has 0 bridgehead atoms. The van der Waals surface area contributed by atoms with E-state index in [-0.39, 0.29) is 16.3 Å². The maximum atomic E-state index is 13.5. The van der Waals surface area contributed by atoms with Gasteiger partial charge in [-0.2, -0.15) is 0 Å². The van der Waals surface area contributed by atoms with E-state index in [9.17, 15) is 18.0 Å². The Morgan fingerprint density at radius 1 is 0.882 bits per heavy atom. The maximum Gasteiger partial charge on any atom is 0.337 e. The zero-order valence-corrected chi connectivity index (χ0v) is 19.7. The third kappa shape index (κ3) is 5.46. The first-order valence-corrected chi connectivity index (χ1v) is 11.5. The summed E-state index contributed by atoms with van der Waals surface area (Å²) in [5, 5.41) is 2.65. The molecule has 9 nitrogen and oxygen atoms in total. The third-order valence-corrected chi connectivity index (χ3v) is 6.64. The summed E-state index contributed by atoms with van der Waals surface area (Å²) in [6.45, 7) is -0.542. The van der Waals surface area contributed by atoms with E-state index in [1.54, 1.807) is 30.3 Å². The van der Waals surface area contributed by atoms with Crippen LogP contribution in [0.1, 0.15) is 10.4 Å². The van der Waals surface area contributed by atoms with Crippen molar-refractivity contribution in [3.05, 3.63) is 78.4 Å². The standard InChI is InChI=1S/C24H24N2O7S/c1-31-19-13-14-22(32-2)21(15-19)26(34(29,30)20-7-5-4-6-8-20)16-23(27)25-18-11-9-17(10-12-18)24(28)33-3/h4-15H,16H2,1-3H3,(H,25,27). The molecule has 3 aromatic rings. The molecule has 1 amide bonds. The summed E-state index contributed by atoms with van der Waals surface area (Å²) in [4.78, 5) is 24.5. The summed E-state index contributed by atoms with van der Waals surface area (Å²) in [5.74, 6) is -0.475. The van der Waals surface area contributed by atoms with Crippen molar-refractivity contribution in [2.45, 2.75) is 4.90 Å². The number of anilines is 2. The smallest absolute Gasteiger partial charge is 0.337 e. The molecule has 0 aliphatic heterocycles. The van der Waals surface area contributed by atoms with Gasteiger partial charge < -0.3 is 19.5 Å². The van der Waals surface area contributed by atoms with Crippen molar-refractivity contribution in [3.8, 4) is 11.5 Å². The highest BCUT2D eigenvalue weighted by atomic mass is 32.2. The monoisotopic (exact) mass is 484 g/mol. The number of sulfonamides is 1. The van der Waals surface area contributed by atoms with Crippen molar-refractivity contribution in [1.82, 2.24) is 0 Å². The number of benzene rings is 3. The number of ether oxygens (including phenoxy) is 3. The van der Waals surface area contributed by atoms with Crippen LogP contribution < -0.4 is 19.1 Å². The first kappa shape index (κ1) is 24.6. The van der Waals surface area contributed by atoms with E-state index >= 15 is 0 Å². The van der Waals surface area contributed by atoms with Gasteiger partial charge in [0.15, 0.2) is 0 Å². The van der Waals surface area contributed by atoms with Gasteiger partial charge in [0.1, 0.15) is 18.0 Å². The van der Waals surface area contributed by atoms with E-state index < -0.39 is 28.4 Å². The topological polar surface area (TPSA) is 111 Å². The largest absolute Gasteiger partial charge is 0.497 e. The molecule has 178 valence electrons. The van der Waals surface area contributed by atoms with Gasteiger partial charge in [0.25, 0.3) is 10.0 Å². The first-order chi connectivity index (χ1) is 16.3. The third-order valence-electron chi connectivity index (χ3n) is 4.86. The van der Waals surface area contributed by atoms with E-state index in [0.717, 1.165) is 4.31 Å². The fourth-order valence-electron chi connectivity index (χ4n) is 3.15. The molecule has 0 radical (unpaired) electrons. The highest BCUT2D eigenvalue weighted by Crippen LogP contribution is 2.35. The second-order valence-corrected chi connectivity index (χ2v) is 8.84. The Kier molecular flexibility index (Phi) is 7.75. The van der Waals surface area contributed by atoms with Crippen LogP contribution in [0.15, 0.2) is 77.7 Å². The summed E-state index contributed by atoms with van der Waals surface area (Å²) in [6.07, 6.45) is 0. The van der Waals surface area contributed by atoms with E-state index in [1.165, 1.54) is 63.8 Å². The first-order valence-electron chi connectivity index (χ1n) is 10.1. The fraction of sp³-hybridized carbons (Fsp3) is 0.167. The van der Waals surface area contributed by atoms with Crippen LogP contribution in [0.4, 0.5) is 11.4 Å². The van der Waals surface area contributed by atoms with E-state index in [4.69, 9.17) is 9.47 Å². The molecule has 34 heavy (non-hydrogen) atoms. The Morgan fingerprint density at radius 3 is 2.15 bits per heavy atom. The number of nitrogens with zero attached hydrogens (tertiary/aromatic N) is 1. The summed E-state index contributed by atoms with van der Waals surface area (Å²) in [6, 6.07) is 18.5. The van der Waals surface area contributed by atoms with Crippen molar-refractivity contribution < 1.29 is 32.2 Å². The van der Waals surface area contributed by atoms with Crippen LogP contribution in [0, 0.1) is 0 Å². The van der Waals surface area contributed by atoms with Gasteiger partial charge in [0, 0.05) is 11.8 Å². The number of amides is 1. The van der Waals surface area contributed by atoms with Crippen LogP contribution in [0.25, 0.3) is 0 Å². The van der Waals surface area contributed by atoms with Gasteiger partial charge >= 0.3 is 5.97 Å². The molecule has 3 rings (SSSR count). The van der Waals surface area contributed by atoms with Crippen molar-refractivity contribution in [2.75, 3.05) is 37.5 Å². The number of esters is 1. The molecule has 3 aromatic carbocycles. The summed E-state index contributed by atoms with van der Waals surface area (Å²) in [5.41, 5.74) is 0.837. The Labute approximate surface area is 197 Å². The Balaban J connectivity index is 1.96. The molecule has 0 heterocycles. The van der Waals surface area contributed by atoms with Crippen LogP contribution in [0.5, 0.6) is 11.5 Å². The van der Waals surface area contributed by atoms with Gasteiger partial charge in [-0.15, -0.1) is 0 Å². The zero-order valence-electron chi connectivity index (χ0n) is 18.8. The average Bonchev–Trinajstić information content (AvgIpc) is 2.87. The number of carbonyl (C=O) groups is 2. The van der Waals surface area contributed by atoms with Crippen LogP contribution in [0.2, 0.25) is 0 Å². The molecule has 0 unspecified atom stereocenters. The zero-order chi connectivity index (χ0) is 24.7. The lowest BCUT2D eigenvalue weighted by molar-refractivity contribution is -0.114. The normalized spacial score (nSPS) is 10.8.